The molecule has 0 rings (SSSR count). The van der Waals surface area contributed by atoms with Gasteiger partial charge in [-0.1, -0.05) is 0 Å². The summed E-state index contributed by atoms with van der Waals surface area (Å²) in [6.45, 7) is 3.56. The number of hydrogen-bond acceptors (Lipinski definition) is 5. The second kappa shape index (κ2) is 12.4. The summed E-state index contributed by atoms with van der Waals surface area (Å²) in [6.07, 6.45) is 0.250. The zero-order chi connectivity index (χ0) is 12.1. The van der Waals surface area contributed by atoms with Crippen molar-refractivity contribution in [2.75, 3.05) is 53.4 Å². The molecule has 2 N–H and O–H groups in total. The van der Waals surface area contributed by atoms with E-state index >= 15 is 0 Å². The van der Waals surface area contributed by atoms with E-state index < -0.39 is 0 Å². The number of carbonyl (C=O) groups is 1. The summed E-state index contributed by atoms with van der Waals surface area (Å²) < 4.78 is 20.3. The number of primary amides is 1. The molecule has 0 aromatic rings. The van der Waals surface area contributed by atoms with Crippen molar-refractivity contribution < 1.29 is 23.7 Å². The Balaban J connectivity index is 2.90. The molecule has 0 spiro atoms. The van der Waals surface area contributed by atoms with Gasteiger partial charge < -0.3 is 24.7 Å². The Kier molecular flexibility index (Phi) is 11.8. The second-order valence-electron chi connectivity index (χ2n) is 3.05. The highest BCUT2D eigenvalue weighted by molar-refractivity contribution is 5.73. The highest BCUT2D eigenvalue weighted by atomic mass is 16.6. The summed E-state index contributed by atoms with van der Waals surface area (Å²) in [5.41, 5.74) is 4.94. The average molecular weight is 235 g/mol. The lowest BCUT2D eigenvalue weighted by molar-refractivity contribution is -0.119. The van der Waals surface area contributed by atoms with Gasteiger partial charge in [0.1, 0.15) is 0 Å². The minimum absolute atomic E-state index is 0.250. The highest BCUT2D eigenvalue weighted by Gasteiger charge is 1.94. The summed E-state index contributed by atoms with van der Waals surface area (Å²) >= 11 is 0. The van der Waals surface area contributed by atoms with E-state index in [0.29, 0.717) is 46.2 Å². The third-order valence-electron chi connectivity index (χ3n) is 1.67. The van der Waals surface area contributed by atoms with Gasteiger partial charge in [0.2, 0.25) is 5.91 Å². The average Bonchev–Trinajstić information content (AvgIpc) is 2.25. The van der Waals surface area contributed by atoms with E-state index in [-0.39, 0.29) is 12.3 Å². The van der Waals surface area contributed by atoms with E-state index in [4.69, 9.17) is 24.7 Å². The van der Waals surface area contributed by atoms with Crippen LogP contribution in [0, 0.1) is 0 Å². The Morgan fingerprint density at radius 3 is 1.75 bits per heavy atom. The van der Waals surface area contributed by atoms with Crippen LogP contribution in [0.3, 0.4) is 0 Å². The van der Waals surface area contributed by atoms with Crippen LogP contribution in [0.2, 0.25) is 0 Å². The van der Waals surface area contributed by atoms with Crippen molar-refractivity contribution in [1.82, 2.24) is 0 Å². The van der Waals surface area contributed by atoms with Crippen LogP contribution < -0.4 is 5.73 Å². The first-order chi connectivity index (χ1) is 7.77. The zero-order valence-corrected chi connectivity index (χ0v) is 9.78. The fourth-order valence-electron chi connectivity index (χ4n) is 0.857. The molecule has 0 saturated carbocycles. The van der Waals surface area contributed by atoms with Crippen molar-refractivity contribution in [3.05, 3.63) is 0 Å². The molecule has 0 aliphatic rings. The zero-order valence-electron chi connectivity index (χ0n) is 9.78. The normalized spacial score (nSPS) is 10.6. The third kappa shape index (κ3) is 13.3. The van der Waals surface area contributed by atoms with E-state index in [1.807, 2.05) is 0 Å². The van der Waals surface area contributed by atoms with Crippen molar-refractivity contribution in [2.45, 2.75) is 6.42 Å². The van der Waals surface area contributed by atoms with Gasteiger partial charge in [0, 0.05) is 13.5 Å². The topological polar surface area (TPSA) is 80.0 Å². The van der Waals surface area contributed by atoms with Gasteiger partial charge >= 0.3 is 0 Å². The molecule has 16 heavy (non-hydrogen) atoms. The standard InChI is InChI=1S/C10H21NO5/c1-13-4-5-15-8-9-16-7-6-14-3-2-10(11)12/h2-9H2,1H3,(H2,11,12). The lowest BCUT2D eigenvalue weighted by atomic mass is 10.4. The predicted octanol–water partition coefficient (Wildman–Crippen LogP) is -0.442. The third-order valence-corrected chi connectivity index (χ3v) is 1.67. The number of methoxy groups -OCH3 is 1. The molecule has 0 aliphatic heterocycles. The first-order valence-corrected chi connectivity index (χ1v) is 5.28. The summed E-state index contributed by atoms with van der Waals surface area (Å²) in [4.78, 5) is 10.3. The fourth-order valence-corrected chi connectivity index (χ4v) is 0.857. The highest BCUT2D eigenvalue weighted by Crippen LogP contribution is 1.84. The van der Waals surface area contributed by atoms with Crippen LogP contribution in [0.4, 0.5) is 0 Å². The Morgan fingerprint density at radius 2 is 1.31 bits per heavy atom. The van der Waals surface area contributed by atoms with Crippen molar-refractivity contribution in [3.8, 4) is 0 Å². The summed E-state index contributed by atoms with van der Waals surface area (Å²) in [6, 6.07) is 0. The quantitative estimate of drug-likeness (QED) is 0.464. The maximum absolute atomic E-state index is 10.3. The Morgan fingerprint density at radius 1 is 0.875 bits per heavy atom. The smallest absolute Gasteiger partial charge is 0.219 e. The van der Waals surface area contributed by atoms with Crippen LogP contribution in [0.5, 0.6) is 0 Å². The Hall–Kier alpha value is -0.690. The molecular formula is C10H21NO5. The molecule has 0 aromatic heterocycles. The van der Waals surface area contributed by atoms with Crippen molar-refractivity contribution in [1.29, 1.82) is 0 Å². The van der Waals surface area contributed by atoms with E-state index in [1.165, 1.54) is 0 Å². The Bertz CT molecular complexity index is 165. The van der Waals surface area contributed by atoms with Gasteiger partial charge in [0.05, 0.1) is 46.2 Å². The van der Waals surface area contributed by atoms with Gasteiger partial charge in [-0.15, -0.1) is 0 Å². The van der Waals surface area contributed by atoms with Crippen LogP contribution >= 0.6 is 0 Å². The maximum Gasteiger partial charge on any atom is 0.219 e. The van der Waals surface area contributed by atoms with E-state index in [2.05, 4.69) is 0 Å². The monoisotopic (exact) mass is 235 g/mol. The summed E-state index contributed by atoms with van der Waals surface area (Å²) in [7, 11) is 1.63. The van der Waals surface area contributed by atoms with Gasteiger partial charge in [-0.2, -0.15) is 0 Å². The predicted molar refractivity (Wildman–Crippen MR) is 58.1 cm³/mol. The van der Waals surface area contributed by atoms with Gasteiger partial charge in [-0.3, -0.25) is 4.79 Å². The molecule has 0 radical (unpaired) electrons. The molecule has 1 amide bonds. The van der Waals surface area contributed by atoms with Crippen LogP contribution in [-0.4, -0.2) is 59.3 Å². The van der Waals surface area contributed by atoms with Crippen molar-refractivity contribution in [3.63, 3.8) is 0 Å². The van der Waals surface area contributed by atoms with Gasteiger partial charge in [0.15, 0.2) is 0 Å². The number of hydrogen-bond donors (Lipinski definition) is 1. The maximum atomic E-state index is 10.3. The van der Waals surface area contributed by atoms with Crippen molar-refractivity contribution >= 4 is 5.91 Å². The number of nitrogens with two attached hydrogens (primary N) is 1. The Labute approximate surface area is 96.0 Å². The lowest BCUT2D eigenvalue weighted by Gasteiger charge is -2.05. The molecule has 0 atom stereocenters. The lowest BCUT2D eigenvalue weighted by Crippen LogP contribution is -2.15. The van der Waals surface area contributed by atoms with Crippen LogP contribution in [0.15, 0.2) is 0 Å². The molecule has 6 heteroatoms. The number of carbonyl (C=O) groups excluding carboxylic acids is 1. The summed E-state index contributed by atoms with van der Waals surface area (Å²) in [5, 5.41) is 0. The van der Waals surface area contributed by atoms with E-state index in [1.54, 1.807) is 7.11 Å². The molecular weight excluding hydrogens is 214 g/mol. The van der Waals surface area contributed by atoms with Crippen LogP contribution in [0.1, 0.15) is 6.42 Å². The summed E-state index contributed by atoms with van der Waals surface area (Å²) in [5.74, 6) is -0.354. The minimum Gasteiger partial charge on any atom is -0.382 e. The molecule has 0 unspecified atom stereocenters. The van der Waals surface area contributed by atoms with E-state index in [9.17, 15) is 4.79 Å². The fraction of sp³-hybridized carbons (Fsp3) is 0.900. The molecule has 0 bridgehead atoms. The SMILES string of the molecule is COCCOCCOCCOCCC(N)=O. The van der Waals surface area contributed by atoms with Crippen LogP contribution in [-0.2, 0) is 23.7 Å². The van der Waals surface area contributed by atoms with E-state index in [0.717, 1.165) is 0 Å². The second-order valence-corrected chi connectivity index (χ2v) is 3.05. The molecule has 0 fully saturated rings. The molecule has 96 valence electrons. The molecule has 0 saturated heterocycles. The van der Waals surface area contributed by atoms with Crippen LogP contribution in [0.25, 0.3) is 0 Å². The van der Waals surface area contributed by atoms with Gasteiger partial charge in [-0.25, -0.2) is 0 Å². The number of ether oxygens (including phenoxy) is 4. The largest absolute Gasteiger partial charge is 0.382 e. The number of amides is 1. The van der Waals surface area contributed by atoms with Gasteiger partial charge in [-0.05, 0) is 0 Å². The molecule has 0 heterocycles. The molecule has 6 nitrogen and oxygen atoms in total. The van der Waals surface area contributed by atoms with Gasteiger partial charge in [0.25, 0.3) is 0 Å². The van der Waals surface area contributed by atoms with Crippen molar-refractivity contribution in [2.24, 2.45) is 5.73 Å². The molecule has 0 aliphatic carbocycles. The minimum atomic E-state index is -0.354. The number of rotatable bonds is 12. The first-order valence-electron chi connectivity index (χ1n) is 5.28. The first kappa shape index (κ1) is 15.3. The molecule has 0 aromatic carbocycles.